The van der Waals surface area contributed by atoms with E-state index in [1.165, 1.54) is 6.07 Å². The van der Waals surface area contributed by atoms with E-state index >= 15 is 0 Å². The highest BCUT2D eigenvalue weighted by molar-refractivity contribution is 5.76. The maximum Gasteiger partial charge on any atom is 0.318 e. The number of non-ortho nitro benzene ring substituents is 1. The van der Waals surface area contributed by atoms with Crippen LogP contribution in [0.1, 0.15) is 11.3 Å². The van der Waals surface area contributed by atoms with Gasteiger partial charge in [-0.05, 0) is 25.1 Å². The second-order valence-corrected chi connectivity index (χ2v) is 5.95. The van der Waals surface area contributed by atoms with Crippen molar-refractivity contribution in [2.75, 3.05) is 0 Å². The zero-order chi connectivity index (χ0) is 21.1. The molecular formula is C19H12N4O6. The second-order valence-electron chi connectivity index (χ2n) is 5.95. The molecule has 0 fully saturated rings. The number of aryl methyl sites for hydroxylation is 1. The van der Waals surface area contributed by atoms with Gasteiger partial charge in [0.2, 0.25) is 5.75 Å². The number of hydrogen-bond donors (Lipinski definition) is 1. The number of H-pyrrole nitrogens is 1. The van der Waals surface area contributed by atoms with Crippen LogP contribution in [-0.2, 0) is 0 Å². The van der Waals surface area contributed by atoms with Crippen LogP contribution in [0.2, 0.25) is 0 Å². The standard InChI is InChI=1S/C19H12N4O6/c1-11-8-14(15(10-20)19(24)21-11)13-4-2-3-5-17(13)29-18-7-6-12(22(25)26)9-16(18)23(27)28/h2-9H,1H3,(H,21,24). The van der Waals surface area contributed by atoms with Crippen molar-refractivity contribution in [3.05, 3.63) is 90.4 Å². The fraction of sp³-hybridized carbons (Fsp3) is 0.0526. The summed E-state index contributed by atoms with van der Waals surface area (Å²) in [6.07, 6.45) is 0. The number of nitrogens with zero attached hydrogens (tertiary/aromatic N) is 3. The van der Waals surface area contributed by atoms with Gasteiger partial charge in [-0.3, -0.25) is 25.0 Å². The first kappa shape index (κ1) is 19.2. The van der Waals surface area contributed by atoms with Crippen LogP contribution in [0, 0.1) is 38.5 Å². The van der Waals surface area contributed by atoms with E-state index in [1.54, 1.807) is 31.2 Å². The minimum Gasteiger partial charge on any atom is -0.449 e. The predicted molar refractivity (Wildman–Crippen MR) is 102 cm³/mol. The quantitative estimate of drug-likeness (QED) is 0.511. The Kier molecular flexibility index (Phi) is 5.05. The molecule has 0 bridgehead atoms. The van der Waals surface area contributed by atoms with Crippen molar-refractivity contribution in [1.29, 1.82) is 5.26 Å². The topological polar surface area (TPSA) is 152 Å². The maximum absolute atomic E-state index is 12.1. The summed E-state index contributed by atoms with van der Waals surface area (Å²) in [4.78, 5) is 35.4. The number of rotatable bonds is 5. The molecule has 0 unspecified atom stereocenters. The molecule has 1 aromatic heterocycles. The van der Waals surface area contributed by atoms with E-state index in [0.717, 1.165) is 18.2 Å². The fourth-order valence-corrected chi connectivity index (χ4v) is 2.76. The summed E-state index contributed by atoms with van der Waals surface area (Å²) in [5.74, 6) is -0.0703. The summed E-state index contributed by atoms with van der Waals surface area (Å²) >= 11 is 0. The first-order valence-electron chi connectivity index (χ1n) is 8.16. The predicted octanol–water partition coefficient (Wildman–Crippen LogP) is 3.83. The highest BCUT2D eigenvalue weighted by Crippen LogP contribution is 2.39. The Morgan fingerprint density at radius 1 is 1.00 bits per heavy atom. The van der Waals surface area contributed by atoms with Crippen molar-refractivity contribution in [3.63, 3.8) is 0 Å². The van der Waals surface area contributed by atoms with Crippen molar-refractivity contribution in [2.24, 2.45) is 0 Å². The molecule has 0 aliphatic rings. The number of ether oxygens (including phenoxy) is 1. The van der Waals surface area contributed by atoms with Gasteiger partial charge in [0, 0.05) is 22.9 Å². The summed E-state index contributed by atoms with van der Waals surface area (Å²) in [5, 5.41) is 31.6. The molecule has 0 saturated heterocycles. The molecule has 0 spiro atoms. The molecule has 29 heavy (non-hydrogen) atoms. The molecule has 3 aromatic rings. The third-order valence-electron chi connectivity index (χ3n) is 4.03. The summed E-state index contributed by atoms with van der Waals surface area (Å²) in [6, 6.07) is 12.8. The Morgan fingerprint density at radius 2 is 1.72 bits per heavy atom. The molecule has 2 aromatic carbocycles. The Balaban J connectivity index is 2.16. The number of nitriles is 1. The third-order valence-corrected chi connectivity index (χ3v) is 4.03. The normalized spacial score (nSPS) is 10.2. The van der Waals surface area contributed by atoms with E-state index in [2.05, 4.69) is 4.98 Å². The molecule has 1 N–H and O–H groups in total. The smallest absolute Gasteiger partial charge is 0.318 e. The van der Waals surface area contributed by atoms with Gasteiger partial charge in [0.1, 0.15) is 17.4 Å². The monoisotopic (exact) mass is 392 g/mol. The van der Waals surface area contributed by atoms with Crippen LogP contribution in [-0.4, -0.2) is 14.8 Å². The molecule has 144 valence electrons. The van der Waals surface area contributed by atoms with E-state index in [0.29, 0.717) is 16.8 Å². The number of nitro groups is 2. The Morgan fingerprint density at radius 3 is 2.38 bits per heavy atom. The van der Waals surface area contributed by atoms with Crippen LogP contribution < -0.4 is 10.3 Å². The number of para-hydroxylation sites is 1. The fourth-order valence-electron chi connectivity index (χ4n) is 2.76. The highest BCUT2D eigenvalue weighted by Gasteiger charge is 2.23. The molecule has 0 radical (unpaired) electrons. The first-order valence-corrected chi connectivity index (χ1v) is 8.16. The lowest BCUT2D eigenvalue weighted by molar-refractivity contribution is -0.394. The van der Waals surface area contributed by atoms with Gasteiger partial charge in [-0.1, -0.05) is 18.2 Å². The Labute approximate surface area is 162 Å². The van der Waals surface area contributed by atoms with E-state index in [4.69, 9.17) is 4.74 Å². The van der Waals surface area contributed by atoms with E-state index in [-0.39, 0.29) is 17.1 Å². The van der Waals surface area contributed by atoms with Crippen LogP contribution in [0.15, 0.2) is 53.3 Å². The van der Waals surface area contributed by atoms with Crippen LogP contribution in [0.4, 0.5) is 11.4 Å². The molecule has 1 heterocycles. The minimum atomic E-state index is -0.789. The molecule has 0 atom stereocenters. The molecule has 0 aliphatic heterocycles. The lowest BCUT2D eigenvalue weighted by atomic mass is 10.00. The number of hydrogen-bond acceptors (Lipinski definition) is 7. The van der Waals surface area contributed by atoms with Crippen LogP contribution in [0.5, 0.6) is 11.5 Å². The maximum atomic E-state index is 12.1. The first-order chi connectivity index (χ1) is 13.8. The van der Waals surface area contributed by atoms with Crippen molar-refractivity contribution in [3.8, 4) is 28.7 Å². The molecule has 0 amide bonds. The van der Waals surface area contributed by atoms with Crippen molar-refractivity contribution >= 4 is 11.4 Å². The van der Waals surface area contributed by atoms with Gasteiger partial charge < -0.3 is 9.72 Å². The number of aromatic amines is 1. The number of aromatic nitrogens is 1. The summed E-state index contributed by atoms with van der Waals surface area (Å²) < 4.78 is 5.68. The third kappa shape index (κ3) is 3.79. The van der Waals surface area contributed by atoms with Crippen LogP contribution >= 0.6 is 0 Å². The van der Waals surface area contributed by atoms with Crippen molar-refractivity contribution < 1.29 is 14.6 Å². The van der Waals surface area contributed by atoms with Gasteiger partial charge in [-0.25, -0.2) is 0 Å². The van der Waals surface area contributed by atoms with E-state index in [1.807, 2.05) is 6.07 Å². The molecule has 3 rings (SSSR count). The van der Waals surface area contributed by atoms with Crippen molar-refractivity contribution in [1.82, 2.24) is 4.98 Å². The number of nitrogens with one attached hydrogen (secondary N) is 1. The Bertz CT molecular complexity index is 1240. The average Bonchev–Trinajstić information content (AvgIpc) is 2.68. The van der Waals surface area contributed by atoms with Gasteiger partial charge in [0.05, 0.1) is 15.9 Å². The van der Waals surface area contributed by atoms with Gasteiger partial charge in [0.15, 0.2) is 0 Å². The minimum absolute atomic E-state index is 0.134. The molecule has 0 saturated carbocycles. The lowest BCUT2D eigenvalue weighted by Crippen LogP contribution is -2.12. The largest absolute Gasteiger partial charge is 0.449 e. The molecule has 0 aliphatic carbocycles. The molecular weight excluding hydrogens is 380 g/mol. The molecule has 10 heteroatoms. The highest BCUT2D eigenvalue weighted by atomic mass is 16.6. The van der Waals surface area contributed by atoms with Gasteiger partial charge >= 0.3 is 5.69 Å². The summed E-state index contributed by atoms with van der Waals surface area (Å²) in [5.41, 5.74) is -0.561. The molecule has 10 nitrogen and oxygen atoms in total. The van der Waals surface area contributed by atoms with Gasteiger partial charge in [0.25, 0.3) is 11.2 Å². The lowest BCUT2D eigenvalue weighted by Gasteiger charge is -2.12. The van der Waals surface area contributed by atoms with Gasteiger partial charge in [-0.2, -0.15) is 5.26 Å². The number of benzene rings is 2. The summed E-state index contributed by atoms with van der Waals surface area (Å²) in [7, 11) is 0. The summed E-state index contributed by atoms with van der Waals surface area (Å²) in [6.45, 7) is 1.65. The van der Waals surface area contributed by atoms with E-state index in [9.17, 15) is 30.3 Å². The van der Waals surface area contributed by atoms with Crippen LogP contribution in [0.25, 0.3) is 11.1 Å². The average molecular weight is 392 g/mol. The number of pyridine rings is 1. The zero-order valence-electron chi connectivity index (χ0n) is 14.9. The SMILES string of the molecule is Cc1cc(-c2ccccc2Oc2ccc([N+](=O)[O-])cc2[N+](=O)[O-])c(C#N)c(=O)[nH]1. The van der Waals surface area contributed by atoms with Crippen LogP contribution in [0.3, 0.4) is 0 Å². The van der Waals surface area contributed by atoms with E-state index < -0.39 is 26.8 Å². The zero-order valence-corrected chi connectivity index (χ0v) is 14.9. The second kappa shape index (κ2) is 7.61. The Hall–Kier alpha value is -4.52. The van der Waals surface area contributed by atoms with Crippen molar-refractivity contribution in [2.45, 2.75) is 6.92 Å². The number of nitro benzene ring substituents is 2. The van der Waals surface area contributed by atoms with Gasteiger partial charge in [-0.15, -0.1) is 0 Å².